The molecule has 0 aliphatic carbocycles. The number of rotatable bonds is 14. The second kappa shape index (κ2) is 16.1. The van der Waals surface area contributed by atoms with E-state index >= 15 is 4.39 Å². The average Bonchev–Trinajstić information content (AvgIpc) is 3.74. The van der Waals surface area contributed by atoms with Gasteiger partial charge in [0.15, 0.2) is 5.82 Å². The molecule has 2 saturated heterocycles. The number of anilines is 2. The molecule has 1 aromatic heterocycles. The van der Waals surface area contributed by atoms with E-state index in [1.807, 2.05) is 30.3 Å². The number of methoxy groups -OCH3 is 2. The van der Waals surface area contributed by atoms with E-state index in [1.165, 1.54) is 7.11 Å². The Morgan fingerprint density at radius 3 is 2.10 bits per heavy atom. The van der Waals surface area contributed by atoms with Crippen LogP contribution in [0.5, 0.6) is 11.5 Å². The average molecular weight is 722 g/mol. The molecule has 3 aromatic carbocycles. The number of hydrogen-bond donors (Lipinski definition) is 5. The van der Waals surface area contributed by atoms with Gasteiger partial charge in [0, 0.05) is 85.1 Å². The maximum atomic E-state index is 15.9. The van der Waals surface area contributed by atoms with E-state index < -0.39 is 5.82 Å². The molecule has 4 aromatic rings. The number of carbonyl (C=O) groups is 2. The number of benzene rings is 3. The molecule has 2 amide bonds. The molecular weight excluding hydrogens is 682 g/mol. The smallest absolute Gasteiger partial charge is 0.220 e. The summed E-state index contributed by atoms with van der Waals surface area (Å²) in [5.41, 5.74) is 4.60. The molecule has 0 spiro atoms. The molecule has 5 N–H and O–H groups in total. The number of amides is 2. The molecule has 262 valence electrons. The van der Waals surface area contributed by atoms with E-state index in [-0.39, 0.29) is 36.1 Å². The lowest BCUT2D eigenvalue weighted by Crippen LogP contribution is -2.35. The van der Waals surface area contributed by atoms with Gasteiger partial charge in [-0.3, -0.25) is 14.6 Å². The molecule has 6 rings (SSSR count). The van der Waals surface area contributed by atoms with Gasteiger partial charge in [-0.2, -0.15) is 0 Å². The molecule has 0 bridgehead atoms. The highest BCUT2D eigenvalue weighted by atomic mass is 35.5. The number of pyridine rings is 1. The van der Waals surface area contributed by atoms with Gasteiger partial charge in [-0.05, 0) is 37.1 Å². The fourth-order valence-electron chi connectivity index (χ4n) is 6.31. The molecule has 3 heterocycles. The monoisotopic (exact) mass is 720 g/mol. The first-order valence-corrected chi connectivity index (χ1v) is 17.2. The second-order valence-electron chi connectivity index (χ2n) is 12.3. The lowest BCUT2D eigenvalue weighted by atomic mass is 10.0. The van der Waals surface area contributed by atoms with Crippen molar-refractivity contribution in [2.75, 3.05) is 32.6 Å². The summed E-state index contributed by atoms with van der Waals surface area (Å²) in [6.45, 7) is 2.05. The van der Waals surface area contributed by atoms with Gasteiger partial charge in [-0.15, -0.1) is 0 Å². The van der Waals surface area contributed by atoms with Gasteiger partial charge in [0.25, 0.3) is 0 Å². The van der Waals surface area contributed by atoms with Crippen LogP contribution in [0.2, 0.25) is 10.0 Å². The van der Waals surface area contributed by atoms with Crippen molar-refractivity contribution in [1.29, 1.82) is 0 Å². The van der Waals surface area contributed by atoms with Gasteiger partial charge >= 0.3 is 0 Å². The zero-order chi connectivity index (χ0) is 35.2. The van der Waals surface area contributed by atoms with E-state index in [9.17, 15) is 9.59 Å². The van der Waals surface area contributed by atoms with Crippen LogP contribution in [0.15, 0.2) is 60.8 Å². The lowest BCUT2D eigenvalue weighted by molar-refractivity contribution is -0.120. The minimum Gasteiger partial charge on any atom is -0.496 e. The van der Waals surface area contributed by atoms with Gasteiger partial charge in [-0.1, -0.05) is 53.5 Å². The summed E-state index contributed by atoms with van der Waals surface area (Å²) >= 11 is 14.0. The maximum Gasteiger partial charge on any atom is 0.220 e. The standard InChI is InChI=1S/C37H39Cl2FN6O4/c1-49-29-11-8-23(18-42-20-25-10-13-32(48)45-25)35(40)37(29)46-28-5-3-4-26(33(28)38)27-14-15-43-36(34(27)39)21-6-7-22(30(16-21)50-2)17-41-19-24-9-12-31(47)44-24/h3-8,11,14-16,24-25,41-42,46H,9-10,12-13,17-20H2,1-2H3,(H,44,47)(H,45,48)/t24-,25+/m1/s1. The highest BCUT2D eigenvalue weighted by Crippen LogP contribution is 2.43. The van der Waals surface area contributed by atoms with Crippen LogP contribution < -0.4 is 36.1 Å². The van der Waals surface area contributed by atoms with Crippen LogP contribution in [0, 0.1) is 5.82 Å². The van der Waals surface area contributed by atoms with Crippen molar-refractivity contribution in [3.63, 3.8) is 0 Å². The zero-order valence-corrected chi connectivity index (χ0v) is 29.3. The quantitative estimate of drug-likeness (QED) is 0.102. The van der Waals surface area contributed by atoms with Gasteiger partial charge in [0.05, 0.1) is 35.6 Å². The molecule has 0 unspecified atom stereocenters. The number of nitrogens with one attached hydrogen (secondary N) is 5. The number of hydrogen-bond acceptors (Lipinski definition) is 8. The van der Waals surface area contributed by atoms with Crippen LogP contribution >= 0.6 is 23.2 Å². The summed E-state index contributed by atoms with van der Waals surface area (Å²) < 4.78 is 27.1. The highest BCUT2D eigenvalue weighted by Gasteiger charge is 2.23. The Kier molecular flexibility index (Phi) is 11.4. The summed E-state index contributed by atoms with van der Waals surface area (Å²) in [5, 5.41) is 16.4. The third kappa shape index (κ3) is 7.97. The molecule has 0 radical (unpaired) electrons. The molecule has 10 nitrogen and oxygen atoms in total. The van der Waals surface area contributed by atoms with Gasteiger partial charge in [0.1, 0.15) is 17.2 Å². The van der Waals surface area contributed by atoms with Crippen molar-refractivity contribution in [2.24, 2.45) is 0 Å². The Hall–Kier alpha value is -4.42. The summed E-state index contributed by atoms with van der Waals surface area (Å²) in [5.74, 6) is 0.645. The van der Waals surface area contributed by atoms with E-state index in [4.69, 9.17) is 32.7 Å². The van der Waals surface area contributed by atoms with Crippen LogP contribution in [-0.4, -0.2) is 56.2 Å². The molecule has 0 saturated carbocycles. The Labute approximate surface area is 300 Å². The predicted octanol–water partition coefficient (Wildman–Crippen LogP) is 6.36. The summed E-state index contributed by atoms with van der Waals surface area (Å²) in [6, 6.07) is 16.5. The van der Waals surface area contributed by atoms with E-state index in [0.717, 1.165) is 24.0 Å². The van der Waals surface area contributed by atoms with E-state index in [2.05, 4.69) is 31.6 Å². The van der Waals surface area contributed by atoms with Crippen LogP contribution in [0.3, 0.4) is 0 Å². The van der Waals surface area contributed by atoms with Crippen LogP contribution in [-0.2, 0) is 22.7 Å². The Morgan fingerprint density at radius 1 is 0.820 bits per heavy atom. The second-order valence-corrected chi connectivity index (χ2v) is 13.1. The fourth-order valence-corrected chi connectivity index (χ4v) is 6.91. The van der Waals surface area contributed by atoms with Gasteiger partial charge < -0.3 is 36.1 Å². The van der Waals surface area contributed by atoms with Crippen molar-refractivity contribution in [2.45, 2.75) is 50.9 Å². The van der Waals surface area contributed by atoms with Crippen molar-refractivity contribution < 1.29 is 23.5 Å². The van der Waals surface area contributed by atoms with Crippen LogP contribution in [0.1, 0.15) is 36.8 Å². The van der Waals surface area contributed by atoms with Crippen molar-refractivity contribution in [3.05, 3.63) is 87.8 Å². The predicted molar refractivity (Wildman–Crippen MR) is 194 cm³/mol. The van der Waals surface area contributed by atoms with E-state index in [0.29, 0.717) is 82.1 Å². The van der Waals surface area contributed by atoms with Gasteiger partial charge in [-0.25, -0.2) is 4.39 Å². The Bertz CT molecular complexity index is 1890. The number of nitrogens with zero attached hydrogens (tertiary/aromatic N) is 1. The third-order valence-electron chi connectivity index (χ3n) is 8.98. The molecule has 2 aliphatic rings. The number of ether oxygens (including phenoxy) is 2. The highest BCUT2D eigenvalue weighted by molar-refractivity contribution is 6.39. The normalized spacial score (nSPS) is 17.1. The van der Waals surface area contributed by atoms with Crippen LogP contribution in [0.25, 0.3) is 22.4 Å². The number of carbonyl (C=O) groups excluding carboxylic acids is 2. The maximum absolute atomic E-state index is 15.9. The third-order valence-corrected chi connectivity index (χ3v) is 9.77. The minimum absolute atomic E-state index is 0.0333. The fraction of sp³-hybridized carbons (Fsp3) is 0.324. The van der Waals surface area contributed by atoms with Crippen molar-refractivity contribution >= 4 is 46.4 Å². The number of halogens is 3. The SMILES string of the molecule is COc1cc(-c2nccc(-c3cccc(Nc4c(OC)ccc(CNC[C@@H]5CCC(=O)N5)c4F)c3Cl)c2Cl)ccc1CNC[C@H]1CCC(=O)N1. The molecule has 50 heavy (non-hydrogen) atoms. The molecular formula is C37H39Cl2FN6O4. The molecule has 13 heteroatoms. The summed E-state index contributed by atoms with van der Waals surface area (Å²) in [7, 11) is 3.09. The van der Waals surface area contributed by atoms with Crippen LogP contribution in [0.4, 0.5) is 15.8 Å². The number of aromatic nitrogens is 1. The minimum atomic E-state index is -0.476. The largest absolute Gasteiger partial charge is 0.496 e. The Morgan fingerprint density at radius 2 is 1.46 bits per heavy atom. The summed E-state index contributed by atoms with van der Waals surface area (Å²) in [4.78, 5) is 27.6. The van der Waals surface area contributed by atoms with E-state index in [1.54, 1.807) is 37.6 Å². The first-order chi connectivity index (χ1) is 24.2. The van der Waals surface area contributed by atoms with Gasteiger partial charge in [0.2, 0.25) is 11.8 Å². The first kappa shape index (κ1) is 35.4. The molecule has 2 atom stereocenters. The zero-order valence-electron chi connectivity index (χ0n) is 27.8. The topological polar surface area (TPSA) is 126 Å². The first-order valence-electron chi connectivity index (χ1n) is 16.5. The van der Waals surface area contributed by atoms with Crippen molar-refractivity contribution in [3.8, 4) is 33.9 Å². The van der Waals surface area contributed by atoms with Crippen molar-refractivity contribution in [1.82, 2.24) is 26.3 Å². The Balaban J connectivity index is 1.21. The lowest BCUT2D eigenvalue weighted by Gasteiger charge is -2.18. The summed E-state index contributed by atoms with van der Waals surface area (Å²) in [6.07, 6.45) is 4.32. The molecule has 2 aliphatic heterocycles. The molecule has 2 fully saturated rings.